The monoisotopic (exact) mass is 293 g/mol. The third kappa shape index (κ3) is 6.39. The number of rotatable bonds is 5. The van der Waals surface area contributed by atoms with E-state index in [1.165, 1.54) is 0 Å². The first-order chi connectivity index (χ1) is 8.78. The number of carbonyl (C=O) groups is 2. The fourth-order valence-electron chi connectivity index (χ4n) is 2.03. The highest BCUT2D eigenvalue weighted by atomic mass is 32.2. The Balaban J connectivity index is 2.22. The summed E-state index contributed by atoms with van der Waals surface area (Å²) in [5.74, 6) is -1.44. The van der Waals surface area contributed by atoms with Crippen LogP contribution in [-0.2, 0) is 14.8 Å². The summed E-state index contributed by atoms with van der Waals surface area (Å²) in [7, 11) is -3.58. The van der Waals surface area contributed by atoms with Crippen LogP contribution in [0.4, 0.5) is 4.79 Å². The zero-order valence-corrected chi connectivity index (χ0v) is 11.3. The second-order valence-electron chi connectivity index (χ2n) is 4.65. The molecule has 1 aliphatic rings. The SMILES string of the molecule is NS(=O)(=O)CCNC(=O)NC1CCC(C(=O)O)CC1. The molecule has 9 heteroatoms. The summed E-state index contributed by atoms with van der Waals surface area (Å²) < 4.78 is 21.3. The standard InChI is InChI=1S/C10H19N3O5S/c11-19(17,18)6-5-12-10(16)13-8-3-1-7(2-4-8)9(14)15/h7-8H,1-6H2,(H,14,15)(H2,11,17,18)(H2,12,13,16). The van der Waals surface area contributed by atoms with Gasteiger partial charge in [0.1, 0.15) is 0 Å². The fraction of sp³-hybridized carbons (Fsp3) is 0.800. The maximum atomic E-state index is 11.4. The summed E-state index contributed by atoms with van der Waals surface area (Å²) >= 11 is 0. The molecule has 0 aromatic heterocycles. The molecule has 0 aromatic rings. The van der Waals surface area contributed by atoms with Crippen LogP contribution in [-0.4, -0.2) is 43.9 Å². The van der Waals surface area contributed by atoms with E-state index in [2.05, 4.69) is 10.6 Å². The second kappa shape index (κ2) is 6.71. The maximum absolute atomic E-state index is 11.4. The van der Waals surface area contributed by atoms with Crippen molar-refractivity contribution in [2.24, 2.45) is 11.1 Å². The summed E-state index contributed by atoms with van der Waals surface area (Å²) in [6.45, 7) is -0.0465. The van der Waals surface area contributed by atoms with Gasteiger partial charge in [0.05, 0.1) is 11.7 Å². The van der Waals surface area contributed by atoms with Crippen molar-refractivity contribution >= 4 is 22.0 Å². The van der Waals surface area contributed by atoms with E-state index in [0.717, 1.165) is 0 Å². The van der Waals surface area contributed by atoms with Crippen LogP contribution in [0, 0.1) is 5.92 Å². The zero-order chi connectivity index (χ0) is 14.5. The van der Waals surface area contributed by atoms with Crippen molar-refractivity contribution < 1.29 is 23.1 Å². The Labute approximate surface area is 111 Å². The predicted octanol–water partition coefficient (Wildman–Crippen LogP) is -0.782. The molecule has 110 valence electrons. The molecule has 2 amide bonds. The minimum Gasteiger partial charge on any atom is -0.481 e. The molecule has 0 atom stereocenters. The molecule has 8 nitrogen and oxygen atoms in total. The number of aliphatic carboxylic acids is 1. The van der Waals surface area contributed by atoms with Crippen LogP contribution < -0.4 is 15.8 Å². The van der Waals surface area contributed by atoms with Crippen LogP contribution in [0.5, 0.6) is 0 Å². The van der Waals surface area contributed by atoms with Crippen molar-refractivity contribution in [2.75, 3.05) is 12.3 Å². The topological polar surface area (TPSA) is 139 Å². The van der Waals surface area contributed by atoms with E-state index in [9.17, 15) is 18.0 Å². The molecule has 0 spiro atoms. The second-order valence-corrected chi connectivity index (χ2v) is 6.39. The van der Waals surface area contributed by atoms with Gasteiger partial charge >= 0.3 is 12.0 Å². The normalized spacial score (nSPS) is 23.6. The number of hydrogen-bond acceptors (Lipinski definition) is 4. The Morgan fingerprint density at radius 1 is 1.21 bits per heavy atom. The smallest absolute Gasteiger partial charge is 0.315 e. The number of urea groups is 1. The Morgan fingerprint density at radius 3 is 2.26 bits per heavy atom. The molecule has 0 bridgehead atoms. The lowest BCUT2D eigenvalue weighted by Gasteiger charge is -2.26. The number of primary sulfonamides is 1. The van der Waals surface area contributed by atoms with E-state index in [0.29, 0.717) is 25.7 Å². The van der Waals surface area contributed by atoms with Gasteiger partial charge in [0.15, 0.2) is 0 Å². The van der Waals surface area contributed by atoms with Gasteiger partial charge in [0.25, 0.3) is 0 Å². The van der Waals surface area contributed by atoms with Crippen LogP contribution in [0.1, 0.15) is 25.7 Å². The summed E-state index contributed by atoms with van der Waals surface area (Å²) in [4.78, 5) is 22.2. The van der Waals surface area contributed by atoms with Gasteiger partial charge in [-0.3, -0.25) is 4.79 Å². The van der Waals surface area contributed by atoms with E-state index in [1.54, 1.807) is 0 Å². The third-order valence-corrected chi connectivity index (χ3v) is 3.86. The molecule has 5 N–H and O–H groups in total. The van der Waals surface area contributed by atoms with Crippen molar-refractivity contribution in [3.8, 4) is 0 Å². The van der Waals surface area contributed by atoms with E-state index in [1.807, 2.05) is 0 Å². The highest BCUT2D eigenvalue weighted by Crippen LogP contribution is 2.24. The van der Waals surface area contributed by atoms with Crippen molar-refractivity contribution in [2.45, 2.75) is 31.7 Å². The number of carbonyl (C=O) groups excluding carboxylic acids is 1. The van der Waals surface area contributed by atoms with Crippen LogP contribution in [0.2, 0.25) is 0 Å². The zero-order valence-electron chi connectivity index (χ0n) is 10.5. The van der Waals surface area contributed by atoms with Crippen LogP contribution in [0.25, 0.3) is 0 Å². The highest BCUT2D eigenvalue weighted by Gasteiger charge is 2.26. The van der Waals surface area contributed by atoms with Gasteiger partial charge in [-0.25, -0.2) is 18.4 Å². The number of hydrogen-bond donors (Lipinski definition) is 4. The van der Waals surface area contributed by atoms with Crippen molar-refractivity contribution in [1.29, 1.82) is 0 Å². The van der Waals surface area contributed by atoms with Gasteiger partial charge in [0.2, 0.25) is 10.0 Å². The minimum absolute atomic E-state index is 0.0465. The first-order valence-corrected chi connectivity index (χ1v) is 7.77. The van der Waals surface area contributed by atoms with Gasteiger partial charge in [-0.1, -0.05) is 0 Å². The molecule has 19 heavy (non-hydrogen) atoms. The Hall–Kier alpha value is -1.35. The van der Waals surface area contributed by atoms with Gasteiger partial charge < -0.3 is 15.7 Å². The summed E-state index contributed by atoms with van der Waals surface area (Å²) in [5.41, 5.74) is 0. The fourth-order valence-corrected chi connectivity index (χ4v) is 2.41. The van der Waals surface area contributed by atoms with Gasteiger partial charge in [-0.05, 0) is 25.7 Å². The molecule has 1 rings (SSSR count). The number of nitrogens with one attached hydrogen (secondary N) is 2. The summed E-state index contributed by atoms with van der Waals surface area (Å²) in [6, 6.07) is -0.521. The molecule has 0 saturated heterocycles. The first-order valence-electron chi connectivity index (χ1n) is 6.05. The number of carboxylic acids is 1. The average molecular weight is 293 g/mol. The predicted molar refractivity (Wildman–Crippen MR) is 67.9 cm³/mol. The molecule has 0 radical (unpaired) electrons. The van der Waals surface area contributed by atoms with Crippen LogP contribution in [0.3, 0.4) is 0 Å². The molecular weight excluding hydrogens is 274 g/mol. The van der Waals surface area contributed by atoms with Gasteiger partial charge in [-0.15, -0.1) is 0 Å². The lowest BCUT2D eigenvalue weighted by molar-refractivity contribution is -0.142. The van der Waals surface area contributed by atoms with Crippen molar-refractivity contribution in [1.82, 2.24) is 10.6 Å². The summed E-state index contributed by atoms with van der Waals surface area (Å²) in [5, 5.41) is 18.7. The van der Waals surface area contributed by atoms with Crippen molar-refractivity contribution in [3.63, 3.8) is 0 Å². The molecule has 0 unspecified atom stereocenters. The van der Waals surface area contributed by atoms with E-state index >= 15 is 0 Å². The maximum Gasteiger partial charge on any atom is 0.315 e. The number of carboxylic acid groups (broad SMARTS) is 1. The minimum atomic E-state index is -3.58. The van der Waals surface area contributed by atoms with Gasteiger partial charge in [0, 0.05) is 12.6 Å². The highest BCUT2D eigenvalue weighted by molar-refractivity contribution is 7.89. The lowest BCUT2D eigenvalue weighted by Crippen LogP contribution is -2.45. The molecule has 1 aliphatic carbocycles. The van der Waals surface area contributed by atoms with Crippen molar-refractivity contribution in [3.05, 3.63) is 0 Å². The van der Waals surface area contributed by atoms with E-state index < -0.39 is 22.0 Å². The van der Waals surface area contributed by atoms with Crippen LogP contribution in [0.15, 0.2) is 0 Å². The molecular formula is C10H19N3O5S. The first kappa shape index (κ1) is 15.7. The Kier molecular flexibility index (Phi) is 5.55. The third-order valence-electron chi connectivity index (χ3n) is 3.08. The molecule has 1 fully saturated rings. The quantitative estimate of drug-likeness (QED) is 0.526. The lowest BCUT2D eigenvalue weighted by atomic mass is 9.86. The van der Waals surface area contributed by atoms with E-state index in [4.69, 9.17) is 10.2 Å². The molecule has 0 aromatic carbocycles. The molecule has 0 aliphatic heterocycles. The van der Waals surface area contributed by atoms with E-state index in [-0.39, 0.29) is 24.3 Å². The van der Waals surface area contributed by atoms with Gasteiger partial charge in [-0.2, -0.15) is 0 Å². The number of sulfonamides is 1. The largest absolute Gasteiger partial charge is 0.481 e. The molecule has 1 saturated carbocycles. The average Bonchev–Trinajstić information content (AvgIpc) is 2.27. The van der Waals surface area contributed by atoms with Crippen LogP contribution >= 0.6 is 0 Å². The molecule has 0 heterocycles. The number of nitrogens with two attached hydrogens (primary N) is 1. The Morgan fingerprint density at radius 2 is 1.79 bits per heavy atom. The Bertz CT molecular complexity index is 428. The summed E-state index contributed by atoms with van der Waals surface area (Å²) in [6.07, 6.45) is 2.30. The number of amides is 2.